The molecule has 2 aromatic carbocycles. The van der Waals surface area contributed by atoms with Crippen molar-refractivity contribution in [2.24, 2.45) is 0 Å². The highest BCUT2D eigenvalue weighted by molar-refractivity contribution is 6.30. The maximum absolute atomic E-state index is 11.8. The lowest BCUT2D eigenvalue weighted by Gasteiger charge is -2.16. The minimum atomic E-state index is -0.593. The van der Waals surface area contributed by atoms with Crippen molar-refractivity contribution in [1.29, 1.82) is 0 Å². The Hall–Kier alpha value is -1.91. The van der Waals surface area contributed by atoms with E-state index in [1.807, 2.05) is 30.3 Å². The van der Waals surface area contributed by atoms with E-state index in [4.69, 9.17) is 32.7 Å². The van der Waals surface area contributed by atoms with Gasteiger partial charge in [-0.25, -0.2) is 4.79 Å². The van der Waals surface area contributed by atoms with Crippen LogP contribution in [-0.4, -0.2) is 24.7 Å². The summed E-state index contributed by atoms with van der Waals surface area (Å²) in [4.78, 5) is 11.8. The van der Waals surface area contributed by atoms with Gasteiger partial charge in [0.15, 0.2) is 6.10 Å². The molecule has 0 unspecified atom stereocenters. The van der Waals surface area contributed by atoms with Crippen molar-refractivity contribution in [3.63, 3.8) is 0 Å². The normalized spacial score (nSPS) is 11.5. The van der Waals surface area contributed by atoms with Crippen molar-refractivity contribution in [3.05, 3.63) is 59.6 Å². The number of para-hydroxylation sites is 1. The minimum Gasteiger partial charge on any atom is -0.490 e. The molecule has 0 heterocycles. The van der Waals surface area contributed by atoms with Gasteiger partial charge in [0.1, 0.15) is 12.4 Å². The average molecular weight is 340 g/mol. The van der Waals surface area contributed by atoms with Gasteiger partial charge in [0.05, 0.1) is 5.88 Å². The van der Waals surface area contributed by atoms with E-state index in [1.54, 1.807) is 24.3 Å². The standard InChI is InChI=1S/C16H15Cl2NO3/c17-10-15(11-21-14-4-2-1-3-5-14)22-16(20)19-13-8-6-12(18)7-9-13/h1-9,15H,10-11H2,(H,19,20)/t15-/m0/s1. The quantitative estimate of drug-likeness (QED) is 0.784. The summed E-state index contributed by atoms with van der Waals surface area (Å²) in [7, 11) is 0. The van der Waals surface area contributed by atoms with E-state index in [-0.39, 0.29) is 12.5 Å². The molecule has 0 saturated carbocycles. The molecule has 2 rings (SSSR count). The number of anilines is 1. The number of hydrogen-bond donors (Lipinski definition) is 1. The number of alkyl halides is 1. The summed E-state index contributed by atoms with van der Waals surface area (Å²) in [6.45, 7) is 0.182. The second-order valence-corrected chi connectivity index (χ2v) is 5.18. The Morgan fingerprint density at radius 2 is 1.77 bits per heavy atom. The highest BCUT2D eigenvalue weighted by atomic mass is 35.5. The predicted molar refractivity (Wildman–Crippen MR) is 88.0 cm³/mol. The van der Waals surface area contributed by atoms with E-state index >= 15 is 0 Å². The van der Waals surface area contributed by atoms with Gasteiger partial charge < -0.3 is 9.47 Å². The average Bonchev–Trinajstić information content (AvgIpc) is 2.54. The molecule has 1 amide bonds. The fourth-order valence-corrected chi connectivity index (χ4v) is 1.93. The summed E-state index contributed by atoms with van der Waals surface area (Å²) in [5.41, 5.74) is 0.590. The first-order chi connectivity index (χ1) is 10.7. The Labute approximate surface area is 138 Å². The molecule has 0 radical (unpaired) electrons. The highest BCUT2D eigenvalue weighted by Gasteiger charge is 2.14. The molecular formula is C16H15Cl2NO3. The molecule has 6 heteroatoms. The van der Waals surface area contributed by atoms with Crippen molar-refractivity contribution < 1.29 is 14.3 Å². The topological polar surface area (TPSA) is 47.6 Å². The van der Waals surface area contributed by atoms with E-state index in [0.717, 1.165) is 0 Å². The summed E-state index contributed by atoms with van der Waals surface area (Å²) >= 11 is 11.6. The lowest BCUT2D eigenvalue weighted by Crippen LogP contribution is -2.29. The van der Waals surface area contributed by atoms with Crippen LogP contribution in [0.2, 0.25) is 5.02 Å². The van der Waals surface area contributed by atoms with Crippen LogP contribution in [0.4, 0.5) is 10.5 Å². The molecule has 116 valence electrons. The van der Waals surface area contributed by atoms with Crippen molar-refractivity contribution >= 4 is 35.0 Å². The highest BCUT2D eigenvalue weighted by Crippen LogP contribution is 2.14. The first-order valence-corrected chi connectivity index (χ1v) is 7.55. The van der Waals surface area contributed by atoms with E-state index in [9.17, 15) is 4.79 Å². The first kappa shape index (κ1) is 16.5. The monoisotopic (exact) mass is 339 g/mol. The van der Waals surface area contributed by atoms with Crippen LogP contribution < -0.4 is 10.1 Å². The van der Waals surface area contributed by atoms with Gasteiger partial charge in [-0.05, 0) is 36.4 Å². The van der Waals surface area contributed by atoms with Gasteiger partial charge in [0.25, 0.3) is 0 Å². The lowest BCUT2D eigenvalue weighted by atomic mass is 10.3. The number of halogens is 2. The van der Waals surface area contributed by atoms with Gasteiger partial charge in [-0.15, -0.1) is 11.6 Å². The number of ether oxygens (including phenoxy) is 2. The fraction of sp³-hybridized carbons (Fsp3) is 0.188. The van der Waals surface area contributed by atoms with Gasteiger partial charge in [0.2, 0.25) is 0 Å². The smallest absolute Gasteiger partial charge is 0.412 e. The number of carbonyl (C=O) groups is 1. The third-order valence-electron chi connectivity index (χ3n) is 2.72. The van der Waals surface area contributed by atoms with Crippen LogP contribution in [0, 0.1) is 0 Å². The maximum atomic E-state index is 11.8. The Balaban J connectivity index is 1.81. The molecule has 0 aliphatic carbocycles. The van der Waals surface area contributed by atoms with Crippen molar-refractivity contribution in [3.8, 4) is 5.75 Å². The largest absolute Gasteiger partial charge is 0.490 e. The SMILES string of the molecule is O=C(Nc1ccc(Cl)cc1)O[C@@H](CCl)COc1ccccc1. The number of amides is 1. The van der Waals surface area contributed by atoms with Gasteiger partial charge in [-0.1, -0.05) is 29.8 Å². The zero-order valence-corrected chi connectivity index (χ0v) is 13.2. The fourth-order valence-electron chi connectivity index (χ4n) is 1.65. The Bertz CT molecular complexity index is 590. The van der Waals surface area contributed by atoms with Crippen LogP contribution in [0.15, 0.2) is 54.6 Å². The Kier molecular flexibility index (Phi) is 6.37. The lowest BCUT2D eigenvalue weighted by molar-refractivity contribution is 0.0875. The van der Waals surface area contributed by atoms with Crippen LogP contribution in [0.1, 0.15) is 0 Å². The second kappa shape index (κ2) is 8.51. The predicted octanol–water partition coefficient (Wildman–Crippen LogP) is 4.57. The van der Waals surface area contributed by atoms with E-state index in [2.05, 4.69) is 5.32 Å². The number of rotatable bonds is 6. The first-order valence-electron chi connectivity index (χ1n) is 6.64. The molecule has 1 N–H and O–H groups in total. The van der Waals surface area contributed by atoms with Crippen molar-refractivity contribution in [1.82, 2.24) is 0 Å². The van der Waals surface area contributed by atoms with Crippen LogP contribution >= 0.6 is 23.2 Å². The third kappa shape index (κ3) is 5.47. The number of hydrogen-bond acceptors (Lipinski definition) is 3. The van der Waals surface area contributed by atoms with Gasteiger partial charge in [-0.3, -0.25) is 5.32 Å². The molecule has 0 aliphatic rings. The molecule has 22 heavy (non-hydrogen) atoms. The van der Waals surface area contributed by atoms with Crippen LogP contribution in [0.25, 0.3) is 0 Å². The van der Waals surface area contributed by atoms with Crippen LogP contribution in [-0.2, 0) is 4.74 Å². The Morgan fingerprint density at radius 3 is 2.41 bits per heavy atom. The molecule has 0 bridgehead atoms. The number of nitrogens with one attached hydrogen (secondary N) is 1. The minimum absolute atomic E-state index is 0.140. The molecular weight excluding hydrogens is 325 g/mol. The summed E-state index contributed by atoms with van der Waals surface area (Å²) in [6.07, 6.45) is -1.14. The summed E-state index contributed by atoms with van der Waals surface area (Å²) in [5, 5.41) is 3.19. The number of carbonyl (C=O) groups excluding carboxylic acids is 1. The maximum Gasteiger partial charge on any atom is 0.412 e. The molecule has 0 fully saturated rings. The van der Waals surface area contributed by atoms with Gasteiger partial charge in [-0.2, -0.15) is 0 Å². The summed E-state index contributed by atoms with van der Waals surface area (Å²) in [6, 6.07) is 16.0. The van der Waals surface area contributed by atoms with E-state index in [0.29, 0.717) is 16.5 Å². The van der Waals surface area contributed by atoms with E-state index in [1.165, 1.54) is 0 Å². The number of benzene rings is 2. The molecule has 4 nitrogen and oxygen atoms in total. The van der Waals surface area contributed by atoms with Crippen molar-refractivity contribution in [2.75, 3.05) is 17.8 Å². The molecule has 2 aromatic rings. The zero-order chi connectivity index (χ0) is 15.8. The molecule has 0 aliphatic heterocycles. The van der Waals surface area contributed by atoms with Gasteiger partial charge in [0, 0.05) is 10.7 Å². The summed E-state index contributed by atoms with van der Waals surface area (Å²) in [5.74, 6) is 0.834. The molecule has 0 spiro atoms. The third-order valence-corrected chi connectivity index (χ3v) is 3.31. The van der Waals surface area contributed by atoms with Crippen molar-refractivity contribution in [2.45, 2.75) is 6.10 Å². The zero-order valence-electron chi connectivity index (χ0n) is 11.7. The molecule has 0 saturated heterocycles. The molecule has 1 atom stereocenters. The van der Waals surface area contributed by atoms with E-state index < -0.39 is 12.2 Å². The van der Waals surface area contributed by atoms with Crippen LogP contribution in [0.3, 0.4) is 0 Å². The van der Waals surface area contributed by atoms with Gasteiger partial charge >= 0.3 is 6.09 Å². The summed E-state index contributed by atoms with van der Waals surface area (Å²) < 4.78 is 10.7. The second-order valence-electron chi connectivity index (χ2n) is 4.44. The Morgan fingerprint density at radius 1 is 1.09 bits per heavy atom. The van der Waals surface area contributed by atoms with Crippen LogP contribution in [0.5, 0.6) is 5.75 Å². The molecule has 0 aromatic heterocycles.